The number of allylic oxidation sites excluding steroid dienone is 1. The molecule has 1 aliphatic heterocycles. The summed E-state index contributed by atoms with van der Waals surface area (Å²) in [5.74, 6) is 0. The van der Waals surface area contributed by atoms with Crippen molar-refractivity contribution < 1.29 is 8.42 Å². The molecule has 1 aliphatic rings. The van der Waals surface area contributed by atoms with Gasteiger partial charge in [-0.25, -0.2) is 8.42 Å². The molecule has 0 spiro atoms. The first-order valence-corrected chi connectivity index (χ1v) is 7.92. The molecule has 2 N–H and O–H groups in total. The highest BCUT2D eigenvalue weighted by molar-refractivity contribution is 7.96. The van der Waals surface area contributed by atoms with Gasteiger partial charge in [-0.1, -0.05) is 37.1 Å². The Morgan fingerprint density at radius 2 is 2.11 bits per heavy atom. The first-order valence-electron chi connectivity index (χ1n) is 6.06. The van der Waals surface area contributed by atoms with Gasteiger partial charge in [0.1, 0.15) is 0 Å². The van der Waals surface area contributed by atoms with Crippen LogP contribution < -0.4 is 4.72 Å². The van der Waals surface area contributed by atoms with Crippen molar-refractivity contribution >= 4 is 44.3 Å². The average molecular weight is 297 g/mol. The van der Waals surface area contributed by atoms with E-state index in [2.05, 4.69) is 9.71 Å². The van der Waals surface area contributed by atoms with Crippen molar-refractivity contribution in [3.05, 3.63) is 33.8 Å². The largest absolute Gasteiger partial charge is 0.358 e. The van der Waals surface area contributed by atoms with Crippen LogP contribution in [0.4, 0.5) is 5.69 Å². The van der Waals surface area contributed by atoms with Gasteiger partial charge in [-0.2, -0.15) is 0 Å². The van der Waals surface area contributed by atoms with E-state index in [-0.39, 0.29) is 0 Å². The molecule has 0 atom stereocenters. The monoisotopic (exact) mass is 296 g/mol. The summed E-state index contributed by atoms with van der Waals surface area (Å²) in [6, 6.07) is 3.78. The van der Waals surface area contributed by atoms with Crippen LogP contribution in [0.15, 0.2) is 23.2 Å². The number of nitrogens with one attached hydrogen (secondary N) is 2. The number of H-pyrrole nitrogens is 1. The number of rotatable bonds is 2. The number of anilines is 1. The quantitative estimate of drug-likeness (QED) is 0.887. The third kappa shape index (κ3) is 1.93. The lowest BCUT2D eigenvalue weighted by molar-refractivity contribution is 0.604. The predicted octanol–water partition coefficient (Wildman–Crippen LogP) is 3.72. The molecule has 0 fully saturated rings. The van der Waals surface area contributed by atoms with Crippen molar-refractivity contribution in [2.24, 2.45) is 0 Å². The van der Waals surface area contributed by atoms with Crippen LogP contribution in [-0.2, 0) is 10.0 Å². The van der Waals surface area contributed by atoms with E-state index in [0.29, 0.717) is 22.0 Å². The van der Waals surface area contributed by atoms with Gasteiger partial charge in [0.15, 0.2) is 0 Å². The molecule has 0 unspecified atom stereocenters. The van der Waals surface area contributed by atoms with E-state index < -0.39 is 10.0 Å². The topological polar surface area (TPSA) is 62.0 Å². The summed E-state index contributed by atoms with van der Waals surface area (Å²) in [5.41, 5.74) is 2.16. The van der Waals surface area contributed by atoms with Crippen molar-refractivity contribution in [1.82, 2.24) is 4.98 Å². The van der Waals surface area contributed by atoms with E-state index in [1.807, 2.05) is 19.1 Å². The van der Waals surface area contributed by atoms with Crippen molar-refractivity contribution in [3.63, 3.8) is 0 Å². The number of sulfonamides is 1. The second-order valence-corrected chi connectivity index (χ2v) is 6.70. The molecule has 6 heteroatoms. The first-order chi connectivity index (χ1) is 9.03. The summed E-state index contributed by atoms with van der Waals surface area (Å²) >= 11 is 6.04. The fourth-order valence-corrected chi connectivity index (χ4v) is 3.90. The maximum Gasteiger partial charge on any atom is 0.258 e. The van der Waals surface area contributed by atoms with Gasteiger partial charge in [-0.3, -0.25) is 4.72 Å². The summed E-state index contributed by atoms with van der Waals surface area (Å²) in [5, 5.41) is 1.40. The molecule has 2 heterocycles. The Labute approximate surface area is 116 Å². The minimum absolute atomic E-state index is 0.430. The fourth-order valence-electron chi connectivity index (χ4n) is 2.32. The Hall–Kier alpha value is -1.46. The third-order valence-electron chi connectivity index (χ3n) is 3.23. The van der Waals surface area contributed by atoms with Gasteiger partial charge < -0.3 is 4.98 Å². The van der Waals surface area contributed by atoms with Crippen LogP contribution in [0.2, 0.25) is 5.02 Å². The lowest BCUT2D eigenvalue weighted by Crippen LogP contribution is -2.19. The Balaban J connectivity index is 2.27. The Morgan fingerprint density at radius 1 is 1.32 bits per heavy atom. The van der Waals surface area contributed by atoms with Gasteiger partial charge in [0.25, 0.3) is 10.0 Å². The molecule has 0 aliphatic carbocycles. The minimum Gasteiger partial charge on any atom is -0.358 e. The SMILES string of the molecule is CCCC1=Cc2ccc3c(Cl)c[nH]c3c2NS1(=O)=O. The maximum absolute atomic E-state index is 12.2. The Morgan fingerprint density at radius 3 is 2.84 bits per heavy atom. The average Bonchev–Trinajstić information content (AvgIpc) is 2.73. The van der Waals surface area contributed by atoms with E-state index >= 15 is 0 Å². The molecule has 0 saturated heterocycles. The van der Waals surface area contributed by atoms with Crippen molar-refractivity contribution in [3.8, 4) is 0 Å². The molecule has 0 radical (unpaired) electrons. The second-order valence-electron chi connectivity index (χ2n) is 4.56. The molecule has 0 bridgehead atoms. The number of halogens is 1. The Kier molecular flexibility index (Phi) is 2.83. The number of hydrogen-bond donors (Lipinski definition) is 2. The lowest BCUT2D eigenvalue weighted by Gasteiger charge is -2.19. The van der Waals surface area contributed by atoms with Crippen LogP contribution in [0.1, 0.15) is 25.3 Å². The molecule has 1 aromatic carbocycles. The third-order valence-corrected chi connectivity index (χ3v) is 5.03. The van der Waals surface area contributed by atoms with E-state index in [0.717, 1.165) is 22.9 Å². The molecule has 4 nitrogen and oxygen atoms in total. The van der Waals surface area contributed by atoms with E-state index in [9.17, 15) is 8.42 Å². The van der Waals surface area contributed by atoms with Gasteiger partial charge in [0.2, 0.25) is 0 Å². The van der Waals surface area contributed by atoms with Crippen LogP contribution in [0.25, 0.3) is 17.0 Å². The number of fused-ring (bicyclic) bond motifs is 3. The van der Waals surface area contributed by atoms with Crippen molar-refractivity contribution in [2.45, 2.75) is 19.8 Å². The summed E-state index contributed by atoms with van der Waals surface area (Å²) in [6.07, 6.45) is 4.72. The molecule has 1 aromatic heterocycles. The second kappa shape index (κ2) is 4.28. The molecule has 0 amide bonds. The molecular weight excluding hydrogens is 284 g/mol. The highest BCUT2D eigenvalue weighted by atomic mass is 35.5. The van der Waals surface area contributed by atoms with Crippen LogP contribution in [-0.4, -0.2) is 13.4 Å². The maximum atomic E-state index is 12.2. The molecule has 100 valence electrons. The number of aromatic nitrogens is 1. The number of aromatic amines is 1. The van der Waals surface area contributed by atoms with Crippen LogP contribution >= 0.6 is 11.6 Å². The van der Waals surface area contributed by atoms with Crippen molar-refractivity contribution in [1.29, 1.82) is 0 Å². The highest BCUT2D eigenvalue weighted by Crippen LogP contribution is 2.37. The van der Waals surface area contributed by atoms with Crippen LogP contribution in [0, 0.1) is 0 Å². The minimum atomic E-state index is -3.43. The molecule has 19 heavy (non-hydrogen) atoms. The van der Waals surface area contributed by atoms with Gasteiger partial charge in [0, 0.05) is 17.1 Å². The zero-order chi connectivity index (χ0) is 13.6. The predicted molar refractivity (Wildman–Crippen MR) is 78.7 cm³/mol. The summed E-state index contributed by atoms with van der Waals surface area (Å²) in [7, 11) is -3.43. The lowest BCUT2D eigenvalue weighted by atomic mass is 10.1. The first kappa shape index (κ1) is 12.6. The van der Waals surface area contributed by atoms with Crippen LogP contribution in [0.3, 0.4) is 0 Å². The van der Waals surface area contributed by atoms with Crippen molar-refractivity contribution in [2.75, 3.05) is 4.72 Å². The van der Waals surface area contributed by atoms with E-state index in [1.54, 1.807) is 12.3 Å². The zero-order valence-electron chi connectivity index (χ0n) is 10.3. The number of hydrogen-bond acceptors (Lipinski definition) is 2. The van der Waals surface area contributed by atoms with E-state index in [1.165, 1.54) is 0 Å². The summed E-state index contributed by atoms with van der Waals surface area (Å²) in [4.78, 5) is 3.44. The molecule has 2 aromatic rings. The normalized spacial score (nSPS) is 16.8. The summed E-state index contributed by atoms with van der Waals surface area (Å²) < 4.78 is 27.0. The smallest absolute Gasteiger partial charge is 0.258 e. The zero-order valence-corrected chi connectivity index (χ0v) is 11.9. The standard InChI is InChI=1S/C13H13ClN2O2S/c1-2-3-9-6-8-4-5-10-11(14)7-15-13(10)12(8)16-19(9,17)18/h4-7,15-16H,2-3H2,1H3. The highest BCUT2D eigenvalue weighted by Gasteiger charge is 2.25. The van der Waals surface area contributed by atoms with Gasteiger partial charge >= 0.3 is 0 Å². The Bertz CT molecular complexity index is 790. The summed E-state index contributed by atoms with van der Waals surface area (Å²) in [6.45, 7) is 1.96. The van der Waals surface area contributed by atoms with Gasteiger partial charge in [0.05, 0.1) is 21.1 Å². The van der Waals surface area contributed by atoms with E-state index in [4.69, 9.17) is 11.6 Å². The van der Waals surface area contributed by atoms with Gasteiger partial charge in [-0.15, -0.1) is 0 Å². The number of benzene rings is 1. The fraction of sp³-hybridized carbons (Fsp3) is 0.231. The molecule has 0 saturated carbocycles. The molecular formula is C13H13ClN2O2S. The van der Waals surface area contributed by atoms with Crippen LogP contribution in [0.5, 0.6) is 0 Å². The van der Waals surface area contributed by atoms with Gasteiger partial charge in [-0.05, 0) is 12.5 Å². The molecule has 3 rings (SSSR count).